The summed E-state index contributed by atoms with van der Waals surface area (Å²) in [6.45, 7) is 0. The molecule has 1 aromatic rings. The van der Waals surface area contributed by atoms with Crippen LogP contribution in [0.3, 0.4) is 0 Å². The number of halogens is 5. The average molecular weight is 233 g/mol. The summed E-state index contributed by atoms with van der Waals surface area (Å²) in [6, 6.07) is 0. The van der Waals surface area contributed by atoms with Gasteiger partial charge in [0.1, 0.15) is 5.02 Å². The molecule has 0 unspecified atom stereocenters. The summed E-state index contributed by atoms with van der Waals surface area (Å²) in [5, 5.41) is -0.323. The average Bonchev–Trinajstić information content (AvgIpc) is 1.92. The molecule has 7 heteroatoms. The lowest BCUT2D eigenvalue weighted by Gasteiger charge is -2.06. The number of nitrogens with zero attached hydrogens (tertiary/aromatic N) is 2. The van der Waals surface area contributed by atoms with Gasteiger partial charge in [-0.25, -0.2) is 4.98 Å². The van der Waals surface area contributed by atoms with Crippen molar-refractivity contribution in [3.63, 3.8) is 0 Å². The van der Waals surface area contributed by atoms with E-state index in [0.29, 0.717) is 0 Å². The van der Waals surface area contributed by atoms with Gasteiger partial charge in [-0.1, -0.05) is 34.8 Å². The zero-order valence-electron chi connectivity index (χ0n) is 5.36. The van der Waals surface area contributed by atoms with Crippen LogP contribution in [-0.4, -0.2) is 9.97 Å². The van der Waals surface area contributed by atoms with Crippen LogP contribution in [0.4, 0.5) is 8.78 Å². The molecule has 2 nitrogen and oxygen atoms in total. The van der Waals surface area contributed by atoms with Crippen molar-refractivity contribution < 1.29 is 8.78 Å². The van der Waals surface area contributed by atoms with Gasteiger partial charge in [-0.2, -0.15) is 13.8 Å². The molecule has 0 saturated carbocycles. The van der Waals surface area contributed by atoms with Gasteiger partial charge in [-0.05, 0) is 0 Å². The van der Waals surface area contributed by atoms with E-state index in [-0.39, 0.29) is 5.02 Å². The van der Waals surface area contributed by atoms with Crippen LogP contribution >= 0.6 is 34.8 Å². The third-order valence-corrected chi connectivity index (χ3v) is 1.55. The van der Waals surface area contributed by atoms with E-state index in [9.17, 15) is 8.78 Å². The van der Waals surface area contributed by atoms with Gasteiger partial charge >= 0.3 is 4.59 Å². The van der Waals surface area contributed by atoms with Gasteiger partial charge < -0.3 is 0 Å². The minimum Gasteiger partial charge on any atom is -0.234 e. The van der Waals surface area contributed by atoms with E-state index in [1.807, 2.05) is 0 Å². The summed E-state index contributed by atoms with van der Waals surface area (Å²) >= 11 is 15.1. The fraction of sp³-hybridized carbons (Fsp3) is 0.200. The fourth-order valence-corrected chi connectivity index (χ4v) is 0.756. The highest BCUT2D eigenvalue weighted by Crippen LogP contribution is 2.32. The molecule has 12 heavy (non-hydrogen) atoms. The van der Waals surface area contributed by atoms with Crippen LogP contribution in [0.1, 0.15) is 5.82 Å². The Morgan fingerprint density at radius 3 is 2.42 bits per heavy atom. The second-order valence-electron chi connectivity index (χ2n) is 1.83. The molecule has 1 heterocycles. The summed E-state index contributed by atoms with van der Waals surface area (Å²) in [5.41, 5.74) is 0. The number of hydrogen-bond acceptors (Lipinski definition) is 2. The van der Waals surface area contributed by atoms with E-state index in [1.54, 1.807) is 0 Å². The Hall–Kier alpha value is -0.190. The predicted octanol–water partition coefficient (Wildman–Crippen LogP) is 2.83. The second kappa shape index (κ2) is 3.28. The van der Waals surface area contributed by atoms with Crippen LogP contribution in [-0.2, 0) is 4.59 Å². The molecule has 0 aliphatic heterocycles. The molecule has 0 bridgehead atoms. The zero-order chi connectivity index (χ0) is 9.35. The minimum atomic E-state index is -2.80. The van der Waals surface area contributed by atoms with E-state index in [2.05, 4.69) is 9.97 Å². The minimum absolute atomic E-state index is 0.323. The zero-order valence-corrected chi connectivity index (χ0v) is 7.63. The lowest BCUT2D eigenvalue weighted by molar-refractivity contribution is 0.379. The molecular formula is C5HCl3F2N2. The van der Waals surface area contributed by atoms with Crippen molar-refractivity contribution in [2.24, 2.45) is 0 Å². The molecule has 0 aliphatic carbocycles. The Balaban J connectivity index is 3.14. The normalized spacial score (nSPS) is 11.8. The first-order valence-corrected chi connectivity index (χ1v) is 3.80. The fourth-order valence-electron chi connectivity index (χ4n) is 0.483. The summed E-state index contributed by atoms with van der Waals surface area (Å²) in [6.07, 6.45) is 0.873. The van der Waals surface area contributed by atoms with Gasteiger partial charge in [0.05, 0.1) is 6.20 Å². The van der Waals surface area contributed by atoms with Crippen molar-refractivity contribution in [2.75, 3.05) is 0 Å². The molecule has 0 aliphatic rings. The third kappa shape index (κ3) is 2.15. The maximum atomic E-state index is 12.6. The Labute approximate surface area is 81.5 Å². The van der Waals surface area contributed by atoms with E-state index < -0.39 is 16.4 Å². The predicted molar refractivity (Wildman–Crippen MR) is 41.5 cm³/mol. The SMILES string of the molecule is Fc1nc(C(F)(Cl)Cl)ncc1Cl. The molecule has 0 aromatic carbocycles. The highest BCUT2D eigenvalue weighted by Gasteiger charge is 2.29. The Bertz CT molecular complexity index is 299. The maximum absolute atomic E-state index is 12.6. The summed E-state index contributed by atoms with van der Waals surface area (Å²) in [7, 11) is 0. The third-order valence-electron chi connectivity index (χ3n) is 0.955. The molecule has 0 saturated heterocycles. The van der Waals surface area contributed by atoms with Gasteiger partial charge in [-0.3, -0.25) is 0 Å². The topological polar surface area (TPSA) is 25.8 Å². The van der Waals surface area contributed by atoms with Gasteiger partial charge in [0, 0.05) is 0 Å². The van der Waals surface area contributed by atoms with E-state index in [0.717, 1.165) is 6.20 Å². The van der Waals surface area contributed by atoms with Crippen LogP contribution in [0.25, 0.3) is 0 Å². The summed E-state index contributed by atoms with van der Waals surface area (Å²) in [4.78, 5) is 6.28. The first-order valence-electron chi connectivity index (χ1n) is 2.66. The quantitative estimate of drug-likeness (QED) is 0.550. The number of alkyl halides is 3. The molecule has 0 atom stereocenters. The molecule has 0 amide bonds. The second-order valence-corrected chi connectivity index (χ2v) is 3.47. The van der Waals surface area contributed by atoms with Crippen LogP contribution in [0.5, 0.6) is 0 Å². The monoisotopic (exact) mass is 232 g/mol. The van der Waals surface area contributed by atoms with Crippen molar-refractivity contribution >= 4 is 34.8 Å². The number of aromatic nitrogens is 2. The number of rotatable bonds is 1. The Morgan fingerprint density at radius 1 is 1.42 bits per heavy atom. The van der Waals surface area contributed by atoms with E-state index in [1.165, 1.54) is 0 Å². The van der Waals surface area contributed by atoms with Crippen LogP contribution < -0.4 is 0 Å². The molecule has 0 N–H and O–H groups in total. The van der Waals surface area contributed by atoms with Crippen molar-refractivity contribution in [2.45, 2.75) is 4.59 Å². The molecule has 0 radical (unpaired) electrons. The van der Waals surface area contributed by atoms with E-state index >= 15 is 0 Å². The van der Waals surface area contributed by atoms with Gasteiger partial charge in [0.25, 0.3) is 0 Å². The standard InChI is InChI=1S/C5HCl3F2N2/c6-2-1-11-4(5(7,8)10)12-3(2)9/h1H. The Morgan fingerprint density at radius 2 is 2.00 bits per heavy atom. The van der Waals surface area contributed by atoms with Gasteiger partial charge in [-0.15, -0.1) is 0 Å². The van der Waals surface area contributed by atoms with Crippen molar-refractivity contribution in [3.8, 4) is 0 Å². The van der Waals surface area contributed by atoms with Crippen molar-refractivity contribution in [3.05, 3.63) is 23.0 Å². The van der Waals surface area contributed by atoms with Crippen molar-refractivity contribution in [1.29, 1.82) is 0 Å². The highest BCUT2D eigenvalue weighted by molar-refractivity contribution is 6.46. The number of hydrogen-bond donors (Lipinski definition) is 0. The van der Waals surface area contributed by atoms with Crippen LogP contribution in [0, 0.1) is 5.95 Å². The van der Waals surface area contributed by atoms with E-state index in [4.69, 9.17) is 34.8 Å². The smallest absolute Gasteiger partial charge is 0.234 e. The first-order chi connectivity index (χ1) is 5.41. The molecule has 0 spiro atoms. The maximum Gasteiger partial charge on any atom is 0.317 e. The summed E-state index contributed by atoms with van der Waals surface area (Å²) < 4.78 is 22.4. The summed E-state index contributed by atoms with van der Waals surface area (Å²) in [5.74, 6) is -1.74. The van der Waals surface area contributed by atoms with Gasteiger partial charge in [0.2, 0.25) is 11.8 Å². The molecule has 0 fully saturated rings. The molecular weight excluding hydrogens is 232 g/mol. The largest absolute Gasteiger partial charge is 0.317 e. The van der Waals surface area contributed by atoms with Crippen LogP contribution in [0.2, 0.25) is 5.02 Å². The molecule has 1 aromatic heterocycles. The van der Waals surface area contributed by atoms with Crippen LogP contribution in [0.15, 0.2) is 6.20 Å². The highest BCUT2D eigenvalue weighted by atomic mass is 35.5. The van der Waals surface area contributed by atoms with Gasteiger partial charge in [0.15, 0.2) is 0 Å². The Kier molecular flexibility index (Phi) is 2.70. The molecule has 1 rings (SSSR count). The van der Waals surface area contributed by atoms with Crippen molar-refractivity contribution in [1.82, 2.24) is 9.97 Å². The lowest BCUT2D eigenvalue weighted by atomic mass is 10.6. The lowest BCUT2D eigenvalue weighted by Crippen LogP contribution is -2.09. The first kappa shape index (κ1) is 9.89. The molecule has 66 valence electrons.